The van der Waals surface area contributed by atoms with E-state index in [1.165, 1.54) is 24.2 Å². The van der Waals surface area contributed by atoms with E-state index in [0.29, 0.717) is 12.0 Å². The number of nitrogens with zero attached hydrogens (tertiary/aromatic N) is 4. The van der Waals surface area contributed by atoms with E-state index in [-0.39, 0.29) is 12.4 Å². The lowest BCUT2D eigenvalue weighted by Crippen LogP contribution is -2.11. The molecule has 0 amide bonds. The topological polar surface area (TPSA) is 47.7 Å². The lowest BCUT2D eigenvalue weighted by molar-refractivity contribution is 0.507. The summed E-state index contributed by atoms with van der Waals surface area (Å²) in [5.41, 5.74) is 4.77. The summed E-state index contributed by atoms with van der Waals surface area (Å²) in [7, 11) is 1.96. The molecule has 0 radical (unpaired) electrons. The number of halogens is 1. The number of aryl methyl sites for hydroxylation is 1. The number of nitrogens with one attached hydrogen (secondary N) is 1. The maximum Gasteiger partial charge on any atom is 0.0759 e. The highest BCUT2D eigenvalue weighted by atomic mass is 35.5. The van der Waals surface area contributed by atoms with Gasteiger partial charge in [0.25, 0.3) is 0 Å². The second-order valence-corrected chi connectivity index (χ2v) is 5.99. The van der Waals surface area contributed by atoms with Gasteiger partial charge >= 0.3 is 0 Å². The summed E-state index contributed by atoms with van der Waals surface area (Å²) in [6.45, 7) is 7.24. The molecule has 1 aliphatic carbocycles. The van der Waals surface area contributed by atoms with Gasteiger partial charge in [0.15, 0.2) is 0 Å². The Balaban J connectivity index is 0.00000161. The van der Waals surface area contributed by atoms with Gasteiger partial charge in [-0.2, -0.15) is 10.2 Å². The van der Waals surface area contributed by atoms with Crippen molar-refractivity contribution in [3.63, 3.8) is 0 Å². The first kappa shape index (κ1) is 15.9. The molecule has 0 saturated heterocycles. The van der Waals surface area contributed by atoms with Gasteiger partial charge in [-0.25, -0.2) is 0 Å². The average Bonchev–Trinajstić information content (AvgIpc) is 3.10. The minimum atomic E-state index is 0. The van der Waals surface area contributed by atoms with Gasteiger partial charge in [-0.1, -0.05) is 0 Å². The predicted octanol–water partition coefficient (Wildman–Crippen LogP) is 3.42. The highest BCUT2D eigenvalue weighted by Crippen LogP contribution is 2.39. The fraction of sp³-hybridized carbons (Fsp3) is 0.600. The van der Waals surface area contributed by atoms with Crippen LogP contribution in [0.25, 0.3) is 0 Å². The number of aromatic nitrogens is 4. The van der Waals surface area contributed by atoms with Gasteiger partial charge in [-0.3, -0.25) is 9.36 Å². The monoisotopic (exact) mass is 309 g/mol. The summed E-state index contributed by atoms with van der Waals surface area (Å²) < 4.78 is 4.03. The van der Waals surface area contributed by atoms with E-state index < -0.39 is 0 Å². The molecule has 0 bridgehead atoms. The predicted molar refractivity (Wildman–Crippen MR) is 87.1 cm³/mol. The Kier molecular flexibility index (Phi) is 4.61. The normalized spacial score (nSPS) is 14.3. The van der Waals surface area contributed by atoms with E-state index in [1.807, 2.05) is 17.9 Å². The van der Waals surface area contributed by atoms with Crippen LogP contribution < -0.4 is 5.32 Å². The van der Waals surface area contributed by atoms with Gasteiger partial charge in [0.05, 0.1) is 35.5 Å². The Morgan fingerprint density at radius 2 is 2.10 bits per heavy atom. The Hall–Kier alpha value is -1.49. The summed E-state index contributed by atoms with van der Waals surface area (Å²) in [4.78, 5) is 0. The summed E-state index contributed by atoms with van der Waals surface area (Å²) in [5, 5.41) is 12.5. The van der Waals surface area contributed by atoms with Crippen molar-refractivity contribution in [2.24, 2.45) is 7.05 Å². The van der Waals surface area contributed by atoms with Crippen molar-refractivity contribution < 1.29 is 0 Å². The molecule has 6 heteroatoms. The van der Waals surface area contributed by atoms with Gasteiger partial charge in [0.2, 0.25) is 0 Å². The standard InChI is InChI=1S/C15H23N5.ClH/c1-10(2)20-13(7-14(18-20)12-5-6-12)8-16-15-9-17-19(4)11(15)3;/h7,9-10,12,16H,5-6,8H2,1-4H3;1H. The maximum atomic E-state index is 4.77. The summed E-state index contributed by atoms with van der Waals surface area (Å²) in [6, 6.07) is 2.66. The van der Waals surface area contributed by atoms with E-state index in [4.69, 9.17) is 5.10 Å². The van der Waals surface area contributed by atoms with Crippen LogP contribution in [-0.4, -0.2) is 19.6 Å². The minimum absolute atomic E-state index is 0. The van der Waals surface area contributed by atoms with E-state index in [1.54, 1.807) is 0 Å². The number of hydrogen-bond acceptors (Lipinski definition) is 3. The fourth-order valence-corrected chi connectivity index (χ4v) is 2.47. The fourth-order valence-electron chi connectivity index (χ4n) is 2.47. The maximum absolute atomic E-state index is 4.77. The molecule has 2 aromatic rings. The van der Waals surface area contributed by atoms with E-state index in [2.05, 4.69) is 41.9 Å². The highest BCUT2D eigenvalue weighted by Gasteiger charge is 2.27. The molecule has 0 spiro atoms. The van der Waals surface area contributed by atoms with E-state index >= 15 is 0 Å². The zero-order valence-corrected chi connectivity index (χ0v) is 13.9. The third-order valence-corrected chi connectivity index (χ3v) is 4.01. The Morgan fingerprint density at radius 1 is 1.38 bits per heavy atom. The first-order valence-electron chi connectivity index (χ1n) is 7.37. The van der Waals surface area contributed by atoms with Crippen LogP contribution in [0.3, 0.4) is 0 Å². The molecule has 3 rings (SSSR count). The minimum Gasteiger partial charge on any atom is -0.377 e. The van der Waals surface area contributed by atoms with Crippen molar-refractivity contribution in [1.82, 2.24) is 19.6 Å². The quantitative estimate of drug-likeness (QED) is 0.920. The first-order valence-corrected chi connectivity index (χ1v) is 7.37. The molecule has 0 aliphatic heterocycles. The van der Waals surface area contributed by atoms with Gasteiger partial charge in [-0.05, 0) is 39.7 Å². The molecule has 0 unspecified atom stereocenters. The highest BCUT2D eigenvalue weighted by molar-refractivity contribution is 5.85. The van der Waals surface area contributed by atoms with Crippen molar-refractivity contribution in [1.29, 1.82) is 0 Å². The molecule has 2 aromatic heterocycles. The van der Waals surface area contributed by atoms with Crippen LogP contribution in [0.15, 0.2) is 12.3 Å². The summed E-state index contributed by atoms with van der Waals surface area (Å²) >= 11 is 0. The smallest absolute Gasteiger partial charge is 0.0759 e. The molecule has 5 nitrogen and oxygen atoms in total. The first-order chi connectivity index (χ1) is 9.56. The molecule has 2 heterocycles. The lowest BCUT2D eigenvalue weighted by atomic mass is 10.2. The zero-order valence-electron chi connectivity index (χ0n) is 13.1. The van der Waals surface area contributed by atoms with Crippen LogP contribution in [0.2, 0.25) is 0 Å². The van der Waals surface area contributed by atoms with Crippen LogP contribution in [0, 0.1) is 6.92 Å². The van der Waals surface area contributed by atoms with Crippen molar-refractivity contribution in [3.05, 3.63) is 29.3 Å². The van der Waals surface area contributed by atoms with Crippen molar-refractivity contribution in [2.45, 2.75) is 52.1 Å². The van der Waals surface area contributed by atoms with Crippen LogP contribution in [0.1, 0.15) is 55.7 Å². The van der Waals surface area contributed by atoms with Crippen LogP contribution in [-0.2, 0) is 13.6 Å². The lowest BCUT2D eigenvalue weighted by Gasteiger charge is -2.12. The molecule has 1 aliphatic rings. The molecule has 116 valence electrons. The zero-order chi connectivity index (χ0) is 14.3. The van der Waals surface area contributed by atoms with Gasteiger partial charge in [0.1, 0.15) is 0 Å². The van der Waals surface area contributed by atoms with Crippen molar-refractivity contribution in [2.75, 3.05) is 5.32 Å². The second kappa shape index (κ2) is 6.10. The molecule has 0 aromatic carbocycles. The second-order valence-electron chi connectivity index (χ2n) is 5.99. The van der Waals surface area contributed by atoms with Crippen LogP contribution >= 0.6 is 12.4 Å². The average molecular weight is 310 g/mol. The van der Waals surface area contributed by atoms with Gasteiger partial charge in [-0.15, -0.1) is 12.4 Å². The largest absolute Gasteiger partial charge is 0.377 e. The van der Waals surface area contributed by atoms with Crippen molar-refractivity contribution in [3.8, 4) is 0 Å². The Labute approximate surface area is 132 Å². The Bertz CT molecular complexity index is 610. The van der Waals surface area contributed by atoms with Gasteiger partial charge in [0, 0.05) is 19.0 Å². The summed E-state index contributed by atoms with van der Waals surface area (Å²) in [6.07, 6.45) is 4.47. The van der Waals surface area contributed by atoms with E-state index in [9.17, 15) is 0 Å². The molecule has 1 saturated carbocycles. The molecule has 1 fully saturated rings. The van der Waals surface area contributed by atoms with Crippen LogP contribution in [0.4, 0.5) is 5.69 Å². The SMILES string of the molecule is Cc1c(NCc2cc(C3CC3)nn2C(C)C)cnn1C.Cl. The molecular formula is C15H24ClN5. The Morgan fingerprint density at radius 3 is 2.62 bits per heavy atom. The molecule has 0 atom stereocenters. The summed E-state index contributed by atoms with van der Waals surface area (Å²) in [5.74, 6) is 0.703. The van der Waals surface area contributed by atoms with Crippen LogP contribution in [0.5, 0.6) is 0 Å². The molecular weight excluding hydrogens is 286 g/mol. The third-order valence-electron chi connectivity index (χ3n) is 4.01. The molecule has 1 N–H and O–H groups in total. The molecule has 21 heavy (non-hydrogen) atoms. The van der Waals surface area contributed by atoms with Crippen molar-refractivity contribution >= 4 is 18.1 Å². The third kappa shape index (κ3) is 3.23. The number of hydrogen-bond donors (Lipinski definition) is 1. The number of rotatable bonds is 5. The van der Waals surface area contributed by atoms with E-state index in [0.717, 1.165) is 17.9 Å². The number of anilines is 1. The van der Waals surface area contributed by atoms with Gasteiger partial charge < -0.3 is 5.32 Å².